The second-order valence-electron chi connectivity index (χ2n) is 6.38. The zero-order chi connectivity index (χ0) is 20.5. The topological polar surface area (TPSA) is 46.9 Å². The number of carbonyl (C=O) groups excluding carboxylic acids is 1. The summed E-state index contributed by atoms with van der Waals surface area (Å²) in [6, 6.07) is 13.1. The molecular weight excluding hydrogens is 391 g/mol. The first-order chi connectivity index (χ1) is 13.2. The van der Waals surface area contributed by atoms with Crippen molar-refractivity contribution in [2.45, 2.75) is 26.6 Å². The van der Waals surface area contributed by atoms with Crippen molar-refractivity contribution < 1.29 is 18.0 Å². The summed E-state index contributed by atoms with van der Waals surface area (Å²) >= 11 is 6.33. The zero-order valence-corrected chi connectivity index (χ0v) is 15.9. The van der Waals surface area contributed by atoms with Crippen molar-refractivity contribution in [1.82, 2.24) is 9.78 Å². The molecular formula is C20H17ClF3N3O. The van der Waals surface area contributed by atoms with Crippen LogP contribution in [0.1, 0.15) is 32.7 Å². The van der Waals surface area contributed by atoms with E-state index >= 15 is 0 Å². The average Bonchev–Trinajstić information content (AvgIpc) is 2.90. The van der Waals surface area contributed by atoms with E-state index in [0.717, 1.165) is 11.6 Å². The molecule has 2 aromatic carbocycles. The number of aromatic nitrogens is 2. The van der Waals surface area contributed by atoms with Crippen LogP contribution in [0.25, 0.3) is 0 Å². The number of rotatable bonds is 4. The van der Waals surface area contributed by atoms with Gasteiger partial charge in [0.05, 0.1) is 23.4 Å². The standard InChI is InChI=1S/C20H17ClF3N3O/c1-12-8-9-15(10-16(12)20(22,23)24)25-19(28)17-13(2)26-27(18(17)21)11-14-6-4-3-5-7-14/h3-10H,11H2,1-2H3,(H,25,28). The van der Waals surface area contributed by atoms with Gasteiger partial charge in [0.1, 0.15) is 5.15 Å². The Morgan fingerprint density at radius 1 is 1.14 bits per heavy atom. The lowest BCUT2D eigenvalue weighted by Gasteiger charge is -2.13. The molecule has 0 unspecified atom stereocenters. The van der Waals surface area contributed by atoms with Gasteiger partial charge in [-0.05, 0) is 37.1 Å². The lowest BCUT2D eigenvalue weighted by Crippen LogP contribution is -2.15. The Labute approximate surface area is 164 Å². The molecule has 8 heteroatoms. The molecule has 0 radical (unpaired) electrons. The van der Waals surface area contributed by atoms with Crippen LogP contribution in [-0.4, -0.2) is 15.7 Å². The van der Waals surface area contributed by atoms with Crippen molar-refractivity contribution in [3.63, 3.8) is 0 Å². The predicted molar refractivity (Wildman–Crippen MR) is 102 cm³/mol. The molecule has 0 aliphatic rings. The Hall–Kier alpha value is -2.80. The molecule has 0 saturated carbocycles. The van der Waals surface area contributed by atoms with E-state index in [-0.39, 0.29) is 22.0 Å². The maximum atomic E-state index is 13.1. The molecule has 0 aliphatic heterocycles. The summed E-state index contributed by atoms with van der Waals surface area (Å²) in [5.41, 5.74) is 0.790. The number of aryl methyl sites for hydroxylation is 2. The van der Waals surface area contributed by atoms with E-state index in [0.29, 0.717) is 12.2 Å². The first-order valence-corrected chi connectivity index (χ1v) is 8.80. The molecule has 0 bridgehead atoms. The molecule has 28 heavy (non-hydrogen) atoms. The van der Waals surface area contributed by atoms with E-state index < -0.39 is 17.6 Å². The Bertz CT molecular complexity index is 1010. The number of hydrogen-bond acceptors (Lipinski definition) is 2. The quantitative estimate of drug-likeness (QED) is 0.623. The van der Waals surface area contributed by atoms with Crippen LogP contribution < -0.4 is 5.32 Å². The molecule has 3 aromatic rings. The molecule has 1 N–H and O–H groups in total. The molecule has 0 spiro atoms. The van der Waals surface area contributed by atoms with Crippen LogP contribution >= 0.6 is 11.6 Å². The minimum Gasteiger partial charge on any atom is -0.322 e. The van der Waals surface area contributed by atoms with Crippen LogP contribution in [0.3, 0.4) is 0 Å². The number of benzene rings is 2. The average molecular weight is 408 g/mol. The third kappa shape index (κ3) is 4.20. The van der Waals surface area contributed by atoms with Gasteiger partial charge >= 0.3 is 6.18 Å². The van der Waals surface area contributed by atoms with Crippen LogP contribution in [0.15, 0.2) is 48.5 Å². The molecule has 0 saturated heterocycles. The summed E-state index contributed by atoms with van der Waals surface area (Å²) < 4.78 is 40.7. The Morgan fingerprint density at radius 3 is 2.46 bits per heavy atom. The highest BCUT2D eigenvalue weighted by molar-refractivity contribution is 6.33. The summed E-state index contributed by atoms with van der Waals surface area (Å²) in [7, 11) is 0. The molecule has 1 heterocycles. The SMILES string of the molecule is Cc1ccc(NC(=O)c2c(C)nn(Cc3ccccc3)c2Cl)cc1C(F)(F)F. The van der Waals surface area contributed by atoms with Crippen molar-refractivity contribution in [3.05, 3.63) is 81.6 Å². The van der Waals surface area contributed by atoms with E-state index in [1.54, 1.807) is 6.92 Å². The van der Waals surface area contributed by atoms with Gasteiger partial charge in [0.25, 0.3) is 5.91 Å². The number of nitrogens with zero attached hydrogens (tertiary/aromatic N) is 2. The van der Waals surface area contributed by atoms with Crippen LogP contribution in [0.5, 0.6) is 0 Å². The van der Waals surface area contributed by atoms with E-state index in [9.17, 15) is 18.0 Å². The first-order valence-electron chi connectivity index (χ1n) is 8.43. The van der Waals surface area contributed by atoms with E-state index in [1.165, 1.54) is 23.7 Å². The lowest BCUT2D eigenvalue weighted by molar-refractivity contribution is -0.138. The Balaban J connectivity index is 1.86. The van der Waals surface area contributed by atoms with Gasteiger partial charge in [0.15, 0.2) is 0 Å². The zero-order valence-electron chi connectivity index (χ0n) is 15.1. The van der Waals surface area contributed by atoms with Crippen molar-refractivity contribution in [2.24, 2.45) is 0 Å². The van der Waals surface area contributed by atoms with Crippen LogP contribution in [0, 0.1) is 13.8 Å². The van der Waals surface area contributed by atoms with Gasteiger partial charge in [0.2, 0.25) is 0 Å². The summed E-state index contributed by atoms with van der Waals surface area (Å²) in [6.45, 7) is 3.36. The number of alkyl halides is 3. The third-order valence-corrected chi connectivity index (χ3v) is 4.65. The second-order valence-corrected chi connectivity index (χ2v) is 6.73. The van der Waals surface area contributed by atoms with Gasteiger partial charge in [-0.2, -0.15) is 18.3 Å². The molecule has 0 aliphatic carbocycles. The normalized spacial score (nSPS) is 11.5. The Morgan fingerprint density at radius 2 is 1.82 bits per heavy atom. The molecule has 146 valence electrons. The molecule has 4 nitrogen and oxygen atoms in total. The molecule has 0 atom stereocenters. The predicted octanol–water partition coefficient (Wildman–Crippen LogP) is 5.47. The number of nitrogens with one attached hydrogen (secondary N) is 1. The number of halogens is 4. The lowest BCUT2D eigenvalue weighted by atomic mass is 10.1. The first kappa shape index (κ1) is 19.9. The van der Waals surface area contributed by atoms with E-state index in [1.807, 2.05) is 30.3 Å². The minimum atomic E-state index is -4.50. The maximum absolute atomic E-state index is 13.1. The second kappa shape index (κ2) is 7.67. The third-order valence-electron chi connectivity index (χ3n) is 4.27. The van der Waals surface area contributed by atoms with Gasteiger partial charge in [-0.1, -0.05) is 48.0 Å². The molecule has 1 amide bonds. The molecule has 1 aromatic heterocycles. The van der Waals surface area contributed by atoms with Crippen LogP contribution in [-0.2, 0) is 12.7 Å². The van der Waals surface area contributed by atoms with Crippen molar-refractivity contribution in [2.75, 3.05) is 5.32 Å². The van der Waals surface area contributed by atoms with E-state index in [4.69, 9.17) is 11.6 Å². The van der Waals surface area contributed by atoms with Gasteiger partial charge in [-0.15, -0.1) is 0 Å². The van der Waals surface area contributed by atoms with E-state index in [2.05, 4.69) is 10.4 Å². The van der Waals surface area contributed by atoms with Gasteiger partial charge in [-0.3, -0.25) is 4.79 Å². The maximum Gasteiger partial charge on any atom is 0.416 e. The highest BCUT2D eigenvalue weighted by Gasteiger charge is 2.32. The van der Waals surface area contributed by atoms with Crippen LogP contribution in [0.2, 0.25) is 5.15 Å². The van der Waals surface area contributed by atoms with Crippen molar-refractivity contribution >= 4 is 23.2 Å². The van der Waals surface area contributed by atoms with Crippen LogP contribution in [0.4, 0.5) is 18.9 Å². The van der Waals surface area contributed by atoms with Crippen molar-refractivity contribution in [1.29, 1.82) is 0 Å². The fourth-order valence-corrected chi connectivity index (χ4v) is 3.19. The molecule has 3 rings (SSSR count). The van der Waals surface area contributed by atoms with Gasteiger partial charge in [0, 0.05) is 5.69 Å². The summed E-state index contributed by atoms with van der Waals surface area (Å²) in [4.78, 5) is 12.6. The number of hydrogen-bond donors (Lipinski definition) is 1. The smallest absolute Gasteiger partial charge is 0.322 e. The van der Waals surface area contributed by atoms with Gasteiger partial charge < -0.3 is 5.32 Å². The highest BCUT2D eigenvalue weighted by atomic mass is 35.5. The highest BCUT2D eigenvalue weighted by Crippen LogP contribution is 2.33. The minimum absolute atomic E-state index is 0.0363. The largest absolute Gasteiger partial charge is 0.416 e. The number of anilines is 1. The molecule has 0 fully saturated rings. The Kier molecular flexibility index (Phi) is 5.47. The summed E-state index contributed by atoms with van der Waals surface area (Å²) in [5.74, 6) is -0.612. The summed E-state index contributed by atoms with van der Waals surface area (Å²) in [6.07, 6.45) is -4.50. The fraction of sp³-hybridized carbons (Fsp3) is 0.200. The van der Waals surface area contributed by atoms with Crippen molar-refractivity contribution in [3.8, 4) is 0 Å². The number of amides is 1. The number of carbonyl (C=O) groups is 1. The van der Waals surface area contributed by atoms with Gasteiger partial charge in [-0.25, -0.2) is 4.68 Å². The monoisotopic (exact) mass is 407 g/mol. The summed E-state index contributed by atoms with van der Waals surface area (Å²) in [5, 5.41) is 6.89. The fourth-order valence-electron chi connectivity index (χ4n) is 2.87.